The van der Waals surface area contributed by atoms with Crippen molar-refractivity contribution in [3.05, 3.63) is 35.9 Å². The fraction of sp³-hybridized carbons (Fsp3) is 0.400. The van der Waals surface area contributed by atoms with E-state index in [-0.39, 0.29) is 6.04 Å². The third-order valence-corrected chi connectivity index (χ3v) is 2.35. The molecule has 0 fully saturated rings. The summed E-state index contributed by atoms with van der Waals surface area (Å²) in [5, 5.41) is 12.0. The predicted molar refractivity (Wildman–Crippen MR) is 57.3 cm³/mol. The maximum atomic E-state index is 4.37. The van der Waals surface area contributed by atoms with Crippen LogP contribution in [0.4, 0.5) is 0 Å². The van der Waals surface area contributed by atoms with Crippen molar-refractivity contribution in [1.82, 2.24) is 24.9 Å². The van der Waals surface area contributed by atoms with E-state index in [1.165, 1.54) is 0 Å². The lowest BCUT2D eigenvalue weighted by molar-refractivity contribution is 0.611. The lowest BCUT2D eigenvalue weighted by Gasteiger charge is -2.10. The maximum absolute atomic E-state index is 4.37. The zero-order chi connectivity index (χ0) is 10.8. The molecule has 0 atom stereocenters. The van der Waals surface area contributed by atoms with E-state index in [1.807, 2.05) is 45.7 Å². The highest BCUT2D eigenvalue weighted by atomic mass is 15.3. The summed E-state index contributed by atoms with van der Waals surface area (Å²) in [6.07, 6.45) is 3.87. The van der Waals surface area contributed by atoms with Gasteiger partial charge in [0.15, 0.2) is 0 Å². The van der Waals surface area contributed by atoms with Crippen molar-refractivity contribution < 1.29 is 0 Å². The van der Waals surface area contributed by atoms with Crippen LogP contribution in [-0.2, 0) is 14.1 Å². The molecule has 0 aliphatic carbocycles. The van der Waals surface area contributed by atoms with Crippen LogP contribution in [0.15, 0.2) is 24.5 Å². The van der Waals surface area contributed by atoms with Gasteiger partial charge in [0.2, 0.25) is 0 Å². The predicted octanol–water partition coefficient (Wildman–Crippen LogP) is 0.462. The molecule has 0 radical (unpaired) electrons. The van der Waals surface area contributed by atoms with E-state index in [1.54, 1.807) is 9.36 Å². The lowest BCUT2D eigenvalue weighted by atomic mass is 10.1. The fourth-order valence-corrected chi connectivity index (χ4v) is 1.62. The van der Waals surface area contributed by atoms with Gasteiger partial charge in [-0.25, -0.2) is 0 Å². The van der Waals surface area contributed by atoms with Gasteiger partial charge in [0, 0.05) is 26.5 Å². The van der Waals surface area contributed by atoms with Crippen molar-refractivity contribution in [2.24, 2.45) is 14.1 Å². The van der Waals surface area contributed by atoms with Crippen molar-refractivity contribution in [3.63, 3.8) is 0 Å². The fourth-order valence-electron chi connectivity index (χ4n) is 1.62. The van der Waals surface area contributed by atoms with Gasteiger partial charge in [0.1, 0.15) is 0 Å². The highest BCUT2D eigenvalue weighted by Gasteiger charge is 2.16. The number of nitrogens with zero attached hydrogens (tertiary/aromatic N) is 4. The third kappa shape index (κ3) is 1.92. The molecular formula is C10H15N5. The van der Waals surface area contributed by atoms with Gasteiger partial charge in [-0.1, -0.05) is 0 Å². The summed E-state index contributed by atoms with van der Waals surface area (Å²) < 4.78 is 3.59. The van der Waals surface area contributed by atoms with Crippen molar-refractivity contribution in [3.8, 4) is 0 Å². The highest BCUT2D eigenvalue weighted by Crippen LogP contribution is 2.17. The summed E-state index contributed by atoms with van der Waals surface area (Å²) in [6.45, 7) is 0. The van der Waals surface area contributed by atoms with E-state index in [4.69, 9.17) is 0 Å². The molecule has 2 rings (SSSR count). The average molecular weight is 205 g/mol. The van der Waals surface area contributed by atoms with Gasteiger partial charge in [0.25, 0.3) is 0 Å². The van der Waals surface area contributed by atoms with E-state index < -0.39 is 0 Å². The first-order chi connectivity index (χ1) is 7.20. The molecule has 15 heavy (non-hydrogen) atoms. The molecule has 0 unspecified atom stereocenters. The van der Waals surface area contributed by atoms with Crippen LogP contribution in [0.3, 0.4) is 0 Å². The van der Waals surface area contributed by atoms with E-state index in [9.17, 15) is 0 Å². The molecule has 0 spiro atoms. The van der Waals surface area contributed by atoms with Crippen LogP contribution >= 0.6 is 0 Å². The Morgan fingerprint density at radius 3 is 1.80 bits per heavy atom. The van der Waals surface area contributed by atoms with E-state index in [2.05, 4.69) is 15.5 Å². The second kappa shape index (κ2) is 3.86. The highest BCUT2D eigenvalue weighted by molar-refractivity contribution is 5.19. The summed E-state index contributed by atoms with van der Waals surface area (Å²) in [5.74, 6) is 0. The summed E-state index contributed by atoms with van der Waals surface area (Å²) in [5.41, 5.74) is 1.97. The van der Waals surface area contributed by atoms with Crippen LogP contribution in [0, 0.1) is 0 Å². The molecule has 2 heterocycles. The van der Waals surface area contributed by atoms with Gasteiger partial charge in [-0.2, -0.15) is 10.2 Å². The van der Waals surface area contributed by atoms with Crippen LogP contribution < -0.4 is 5.32 Å². The largest absolute Gasteiger partial charge is 0.307 e. The monoisotopic (exact) mass is 205 g/mol. The maximum Gasteiger partial charge on any atom is 0.0959 e. The minimum absolute atomic E-state index is 0.0624. The van der Waals surface area contributed by atoms with Gasteiger partial charge >= 0.3 is 0 Å². The van der Waals surface area contributed by atoms with Crippen LogP contribution in [0.1, 0.15) is 17.4 Å². The Morgan fingerprint density at radius 1 is 1.07 bits per heavy atom. The summed E-state index contributed by atoms with van der Waals surface area (Å²) >= 11 is 0. The molecule has 0 aromatic carbocycles. The standard InChI is InChI=1S/C10H15N5/c1-11-10(8-4-6-14(2)12-8)9-5-7-15(3)13-9/h4-7,10-11H,1-3H3. The van der Waals surface area contributed by atoms with Crippen LogP contribution in [0.5, 0.6) is 0 Å². The van der Waals surface area contributed by atoms with Gasteiger partial charge in [-0.15, -0.1) is 0 Å². The first kappa shape index (κ1) is 9.92. The molecule has 2 aromatic heterocycles. The minimum atomic E-state index is 0.0624. The van der Waals surface area contributed by atoms with E-state index in [0.717, 1.165) is 11.4 Å². The van der Waals surface area contributed by atoms with Crippen molar-refractivity contribution in [2.45, 2.75) is 6.04 Å². The molecule has 2 aromatic rings. The zero-order valence-electron chi connectivity index (χ0n) is 9.18. The minimum Gasteiger partial charge on any atom is -0.307 e. The van der Waals surface area contributed by atoms with Gasteiger partial charge in [-0.05, 0) is 19.2 Å². The Morgan fingerprint density at radius 2 is 1.53 bits per heavy atom. The number of aryl methyl sites for hydroxylation is 2. The Hall–Kier alpha value is -1.62. The van der Waals surface area contributed by atoms with Gasteiger partial charge < -0.3 is 5.32 Å². The lowest BCUT2D eigenvalue weighted by Crippen LogP contribution is -2.19. The second-order valence-electron chi connectivity index (χ2n) is 3.55. The number of nitrogens with one attached hydrogen (secondary N) is 1. The van der Waals surface area contributed by atoms with E-state index in [0.29, 0.717) is 0 Å². The molecule has 0 aliphatic rings. The quantitative estimate of drug-likeness (QED) is 0.792. The van der Waals surface area contributed by atoms with Gasteiger partial charge in [0.05, 0.1) is 17.4 Å². The molecule has 0 saturated carbocycles. The number of aromatic nitrogens is 4. The molecule has 0 amide bonds. The summed E-state index contributed by atoms with van der Waals surface area (Å²) in [4.78, 5) is 0. The van der Waals surface area contributed by atoms with E-state index >= 15 is 0 Å². The number of rotatable bonds is 3. The molecule has 0 bridgehead atoms. The zero-order valence-corrected chi connectivity index (χ0v) is 9.18. The summed E-state index contributed by atoms with van der Waals surface area (Å²) in [7, 11) is 5.73. The topological polar surface area (TPSA) is 47.7 Å². The molecule has 0 saturated heterocycles. The smallest absolute Gasteiger partial charge is 0.0959 e. The first-order valence-electron chi connectivity index (χ1n) is 4.87. The Labute approximate surface area is 88.7 Å². The van der Waals surface area contributed by atoms with Crippen molar-refractivity contribution in [2.75, 3.05) is 7.05 Å². The molecule has 1 N–H and O–H groups in total. The van der Waals surface area contributed by atoms with Crippen molar-refractivity contribution >= 4 is 0 Å². The van der Waals surface area contributed by atoms with Gasteiger partial charge in [-0.3, -0.25) is 9.36 Å². The Bertz CT molecular complexity index is 402. The average Bonchev–Trinajstić information content (AvgIpc) is 2.78. The molecular weight excluding hydrogens is 190 g/mol. The van der Waals surface area contributed by atoms with Crippen molar-refractivity contribution in [1.29, 1.82) is 0 Å². The second-order valence-corrected chi connectivity index (χ2v) is 3.55. The number of hydrogen-bond donors (Lipinski definition) is 1. The summed E-state index contributed by atoms with van der Waals surface area (Å²) in [6, 6.07) is 4.05. The third-order valence-electron chi connectivity index (χ3n) is 2.35. The Kier molecular flexibility index (Phi) is 2.55. The molecule has 5 nitrogen and oxygen atoms in total. The normalized spacial score (nSPS) is 11.2. The SMILES string of the molecule is CNC(c1ccn(C)n1)c1ccn(C)n1. The first-order valence-corrected chi connectivity index (χ1v) is 4.87. The molecule has 80 valence electrons. The molecule has 0 aliphatic heterocycles. The van der Waals surface area contributed by atoms with Crippen LogP contribution in [-0.4, -0.2) is 26.6 Å². The van der Waals surface area contributed by atoms with Crippen LogP contribution in [0.2, 0.25) is 0 Å². The molecule has 5 heteroatoms. The number of hydrogen-bond acceptors (Lipinski definition) is 3. The Balaban J connectivity index is 2.32. The van der Waals surface area contributed by atoms with Crippen LogP contribution in [0.25, 0.3) is 0 Å².